The maximum absolute atomic E-state index is 11.2. The van der Waals surface area contributed by atoms with Crippen LogP contribution in [0.3, 0.4) is 0 Å². The van der Waals surface area contributed by atoms with E-state index in [-0.39, 0.29) is 5.78 Å². The Hall–Kier alpha value is -2.19. The summed E-state index contributed by atoms with van der Waals surface area (Å²) in [7, 11) is 0. The zero-order valence-electron chi connectivity index (χ0n) is 8.68. The molecule has 4 heteroatoms. The predicted molar refractivity (Wildman–Crippen MR) is 61.3 cm³/mol. The summed E-state index contributed by atoms with van der Waals surface area (Å²) in [5.74, 6) is -0.173. The van der Waals surface area contributed by atoms with E-state index in [4.69, 9.17) is 5.53 Å². The van der Waals surface area contributed by atoms with Crippen molar-refractivity contribution in [3.8, 4) is 0 Å². The van der Waals surface area contributed by atoms with Gasteiger partial charge in [-0.3, -0.25) is 4.79 Å². The molecule has 16 heavy (non-hydrogen) atoms. The van der Waals surface area contributed by atoms with Crippen LogP contribution in [0.5, 0.6) is 0 Å². The maximum atomic E-state index is 11.2. The van der Waals surface area contributed by atoms with Gasteiger partial charge < -0.3 is 10.5 Å². The van der Waals surface area contributed by atoms with Gasteiger partial charge in [0.1, 0.15) is 0 Å². The molecule has 1 heterocycles. The van der Waals surface area contributed by atoms with Gasteiger partial charge in [0.05, 0.1) is 0 Å². The van der Waals surface area contributed by atoms with Crippen molar-refractivity contribution in [2.45, 2.75) is 12.8 Å². The third-order valence-corrected chi connectivity index (χ3v) is 2.52. The number of para-hydroxylation sites is 1. The van der Waals surface area contributed by atoms with E-state index >= 15 is 0 Å². The Kier molecular flexibility index (Phi) is 2.94. The second-order valence-electron chi connectivity index (χ2n) is 3.57. The molecule has 0 aliphatic heterocycles. The van der Waals surface area contributed by atoms with Crippen molar-refractivity contribution in [1.82, 2.24) is 4.98 Å². The zero-order valence-corrected chi connectivity index (χ0v) is 8.68. The van der Waals surface area contributed by atoms with Crippen LogP contribution in [0.2, 0.25) is 0 Å². The summed E-state index contributed by atoms with van der Waals surface area (Å²) in [6, 6.07) is 7.95. The molecule has 1 aromatic carbocycles. The Balaban J connectivity index is 2.16. The highest BCUT2D eigenvalue weighted by Gasteiger charge is 2.07. The average Bonchev–Trinajstić information content (AvgIpc) is 2.70. The lowest BCUT2D eigenvalue weighted by atomic mass is 10.1. The van der Waals surface area contributed by atoms with Crippen molar-refractivity contribution in [3.05, 3.63) is 41.6 Å². The minimum absolute atomic E-state index is 0.173. The van der Waals surface area contributed by atoms with Crippen molar-refractivity contribution >= 4 is 22.9 Å². The summed E-state index contributed by atoms with van der Waals surface area (Å²) in [5.41, 5.74) is 10.4. The van der Waals surface area contributed by atoms with Crippen LogP contribution in [0.15, 0.2) is 30.5 Å². The number of nitrogens with one attached hydrogen (secondary N) is 1. The molecular formula is C12H11N3O. The number of fused-ring (bicyclic) bond motifs is 1. The highest BCUT2D eigenvalue weighted by atomic mass is 16.1. The van der Waals surface area contributed by atoms with Crippen LogP contribution in [0.25, 0.3) is 16.4 Å². The molecule has 0 atom stereocenters. The smallest absolute Gasteiger partial charge is 0.323 e. The molecule has 4 nitrogen and oxygen atoms in total. The van der Waals surface area contributed by atoms with E-state index in [1.165, 1.54) is 0 Å². The topological polar surface area (TPSA) is 69.3 Å². The standard InChI is InChI=1S/C12H11N3O/c13-15-8-10(16)6-5-9-7-14-12-4-2-1-3-11(9)12/h1-4,7-8,14H,5-6H2. The fourth-order valence-corrected chi connectivity index (χ4v) is 1.73. The minimum Gasteiger partial charge on any atom is -0.361 e. The molecule has 0 saturated carbocycles. The lowest BCUT2D eigenvalue weighted by Crippen LogP contribution is -2.01. The lowest BCUT2D eigenvalue weighted by Gasteiger charge is -1.94. The third kappa shape index (κ3) is 2.07. The quantitative estimate of drug-likeness (QED) is 0.471. The summed E-state index contributed by atoms with van der Waals surface area (Å²) >= 11 is 0. The van der Waals surface area contributed by atoms with Gasteiger partial charge in [-0.1, -0.05) is 18.2 Å². The molecule has 2 rings (SSSR count). The first-order chi connectivity index (χ1) is 7.81. The minimum atomic E-state index is -0.173. The summed E-state index contributed by atoms with van der Waals surface area (Å²) in [6.07, 6.45) is 3.85. The van der Waals surface area contributed by atoms with Gasteiger partial charge in [0.25, 0.3) is 0 Å². The number of hydrogen-bond acceptors (Lipinski definition) is 1. The van der Waals surface area contributed by atoms with E-state index in [0.29, 0.717) is 12.8 Å². The first kappa shape index (κ1) is 10.3. The SMILES string of the molecule is [N-]=[N+]=CC(=O)CCc1c[nH]c2ccccc12. The van der Waals surface area contributed by atoms with Gasteiger partial charge in [0.15, 0.2) is 0 Å². The van der Waals surface area contributed by atoms with Gasteiger partial charge in [0, 0.05) is 23.5 Å². The Morgan fingerprint density at radius 1 is 1.44 bits per heavy atom. The Morgan fingerprint density at radius 3 is 3.06 bits per heavy atom. The van der Waals surface area contributed by atoms with Gasteiger partial charge in [0.2, 0.25) is 5.78 Å². The van der Waals surface area contributed by atoms with Crippen LogP contribution in [0.1, 0.15) is 12.0 Å². The van der Waals surface area contributed by atoms with Gasteiger partial charge in [-0.25, -0.2) is 0 Å². The second-order valence-corrected chi connectivity index (χ2v) is 3.57. The molecule has 0 aliphatic rings. The second kappa shape index (κ2) is 4.55. The van der Waals surface area contributed by atoms with Crippen LogP contribution < -0.4 is 0 Å². The summed E-state index contributed by atoms with van der Waals surface area (Å²) in [4.78, 5) is 17.0. The molecule has 0 unspecified atom stereocenters. The van der Waals surface area contributed by atoms with Crippen molar-refractivity contribution < 1.29 is 9.58 Å². The number of hydrogen-bond donors (Lipinski definition) is 1. The highest BCUT2D eigenvalue weighted by molar-refractivity contribution is 6.25. The first-order valence-electron chi connectivity index (χ1n) is 5.06. The molecule has 0 radical (unpaired) electrons. The van der Waals surface area contributed by atoms with Gasteiger partial charge >= 0.3 is 6.21 Å². The summed E-state index contributed by atoms with van der Waals surface area (Å²) < 4.78 is 0. The molecule has 80 valence electrons. The van der Waals surface area contributed by atoms with Crippen molar-refractivity contribution in [3.63, 3.8) is 0 Å². The molecule has 0 spiro atoms. The fraction of sp³-hybridized carbons (Fsp3) is 0.167. The molecule has 0 fully saturated rings. The van der Waals surface area contributed by atoms with Crippen LogP contribution in [-0.4, -0.2) is 21.8 Å². The van der Waals surface area contributed by atoms with Crippen molar-refractivity contribution in [2.75, 3.05) is 0 Å². The number of rotatable bonds is 4. The average molecular weight is 213 g/mol. The van der Waals surface area contributed by atoms with E-state index in [9.17, 15) is 4.79 Å². The van der Waals surface area contributed by atoms with Crippen LogP contribution in [0.4, 0.5) is 0 Å². The van der Waals surface area contributed by atoms with Gasteiger partial charge in [-0.05, 0) is 18.1 Å². The Bertz CT molecular complexity index is 564. The van der Waals surface area contributed by atoms with Gasteiger partial charge in [-0.15, -0.1) is 0 Å². The highest BCUT2D eigenvalue weighted by Crippen LogP contribution is 2.18. The molecule has 0 bridgehead atoms. The number of H-pyrrole nitrogens is 1. The molecule has 0 saturated heterocycles. The van der Waals surface area contributed by atoms with Crippen molar-refractivity contribution in [2.24, 2.45) is 0 Å². The Labute approximate surface area is 92.5 Å². The summed E-state index contributed by atoms with van der Waals surface area (Å²) in [6.45, 7) is 0. The first-order valence-corrected chi connectivity index (χ1v) is 5.06. The van der Waals surface area contributed by atoms with Gasteiger partial charge in [-0.2, -0.15) is 4.79 Å². The van der Waals surface area contributed by atoms with E-state index in [1.807, 2.05) is 30.5 Å². The lowest BCUT2D eigenvalue weighted by molar-refractivity contribution is -0.116. The summed E-state index contributed by atoms with van der Waals surface area (Å²) in [5, 5.41) is 1.14. The molecule has 2 aromatic rings. The molecular weight excluding hydrogens is 202 g/mol. The largest absolute Gasteiger partial charge is 0.361 e. The monoisotopic (exact) mass is 213 g/mol. The fourth-order valence-electron chi connectivity index (χ4n) is 1.73. The van der Waals surface area contributed by atoms with E-state index in [2.05, 4.69) is 9.77 Å². The van der Waals surface area contributed by atoms with Crippen LogP contribution in [0, 0.1) is 0 Å². The third-order valence-electron chi connectivity index (χ3n) is 2.52. The predicted octanol–water partition coefficient (Wildman–Crippen LogP) is 1.97. The van der Waals surface area contributed by atoms with E-state index in [1.54, 1.807) is 0 Å². The van der Waals surface area contributed by atoms with E-state index < -0.39 is 0 Å². The maximum Gasteiger partial charge on any atom is 0.323 e. The zero-order chi connectivity index (χ0) is 11.4. The number of carbonyl (C=O) groups excluding carboxylic acids is 1. The molecule has 1 N–H and O–H groups in total. The number of aromatic amines is 1. The number of Topliss-reactive ketones (excluding diaryl/α,β-unsaturated/α-hetero) is 1. The Morgan fingerprint density at radius 2 is 2.25 bits per heavy atom. The van der Waals surface area contributed by atoms with E-state index in [0.717, 1.165) is 22.7 Å². The number of ketones is 1. The number of aromatic nitrogens is 1. The molecule has 0 aliphatic carbocycles. The molecule has 1 aromatic heterocycles. The number of aryl methyl sites for hydroxylation is 1. The van der Waals surface area contributed by atoms with Crippen LogP contribution in [-0.2, 0) is 11.2 Å². The number of carbonyl (C=O) groups is 1. The number of benzene rings is 1. The number of nitrogens with zero attached hydrogens (tertiary/aromatic N) is 2. The van der Waals surface area contributed by atoms with Crippen molar-refractivity contribution in [1.29, 1.82) is 0 Å². The van der Waals surface area contributed by atoms with Crippen LogP contribution >= 0.6 is 0 Å². The molecule has 0 amide bonds. The normalized spacial score (nSPS) is 10.0.